The van der Waals surface area contributed by atoms with Crippen molar-refractivity contribution in [3.05, 3.63) is 24.3 Å². The minimum absolute atomic E-state index is 0.0894. The Hall–Kier alpha value is -1.11. The number of hydrogen-bond acceptors (Lipinski definition) is 4. The summed E-state index contributed by atoms with van der Waals surface area (Å²) in [4.78, 5) is 0.292. The summed E-state index contributed by atoms with van der Waals surface area (Å²) in [6.07, 6.45) is 0.704. The van der Waals surface area contributed by atoms with Gasteiger partial charge in [-0.2, -0.15) is 4.31 Å². The molecule has 6 heteroatoms. The summed E-state index contributed by atoms with van der Waals surface area (Å²) in [7, 11) is -3.47. The van der Waals surface area contributed by atoms with Gasteiger partial charge in [-0.3, -0.25) is 0 Å². The molecule has 0 saturated carbocycles. The van der Waals surface area contributed by atoms with Gasteiger partial charge in [-0.05, 0) is 43.5 Å². The van der Waals surface area contributed by atoms with Crippen LogP contribution in [-0.4, -0.2) is 38.0 Å². The monoisotopic (exact) mass is 312 g/mol. The molecule has 1 aliphatic rings. The van der Waals surface area contributed by atoms with E-state index in [9.17, 15) is 8.42 Å². The quantitative estimate of drug-likeness (QED) is 0.900. The average Bonchev–Trinajstić information content (AvgIpc) is 2.78. The van der Waals surface area contributed by atoms with Crippen LogP contribution in [0.2, 0.25) is 0 Å². The highest BCUT2D eigenvalue weighted by atomic mass is 32.2. The molecule has 0 aliphatic carbocycles. The first-order chi connectivity index (χ1) is 9.82. The highest BCUT2D eigenvalue weighted by Gasteiger charge is 2.37. The third-order valence-corrected chi connectivity index (χ3v) is 5.77. The summed E-state index contributed by atoms with van der Waals surface area (Å²) in [6, 6.07) is 6.36. The van der Waals surface area contributed by atoms with Crippen LogP contribution in [0.4, 0.5) is 0 Å². The number of ether oxygens (including phenoxy) is 1. The lowest BCUT2D eigenvalue weighted by atomic mass is 10.2. The van der Waals surface area contributed by atoms with Gasteiger partial charge in [0.05, 0.1) is 11.5 Å². The van der Waals surface area contributed by atoms with Gasteiger partial charge < -0.3 is 10.5 Å². The fourth-order valence-corrected chi connectivity index (χ4v) is 4.07. The van der Waals surface area contributed by atoms with Crippen LogP contribution in [0.5, 0.6) is 5.75 Å². The van der Waals surface area contributed by atoms with Crippen LogP contribution in [0.25, 0.3) is 0 Å². The third kappa shape index (κ3) is 3.56. The van der Waals surface area contributed by atoms with Crippen LogP contribution < -0.4 is 10.5 Å². The van der Waals surface area contributed by atoms with Crippen molar-refractivity contribution >= 4 is 10.0 Å². The lowest BCUT2D eigenvalue weighted by Gasteiger charge is -2.22. The Morgan fingerprint density at radius 2 is 1.95 bits per heavy atom. The summed E-state index contributed by atoms with van der Waals surface area (Å²) in [5, 5.41) is 0. The van der Waals surface area contributed by atoms with Crippen molar-refractivity contribution < 1.29 is 13.2 Å². The van der Waals surface area contributed by atoms with Crippen LogP contribution in [-0.2, 0) is 10.0 Å². The van der Waals surface area contributed by atoms with Gasteiger partial charge in [0.1, 0.15) is 5.75 Å². The standard InChI is InChI=1S/C15H24N2O3S/c1-11(2)10-20-13-4-6-14(7-5-13)21(18,19)17-9-8-15(16)12(17)3/h4-7,11-12,15H,8-10,16H2,1-3H3. The van der Waals surface area contributed by atoms with E-state index in [0.29, 0.717) is 36.1 Å². The zero-order valence-electron chi connectivity index (χ0n) is 12.8. The molecular formula is C15H24N2O3S. The summed E-state index contributed by atoms with van der Waals surface area (Å²) < 4.78 is 32.3. The summed E-state index contributed by atoms with van der Waals surface area (Å²) in [6.45, 7) is 7.09. The lowest BCUT2D eigenvalue weighted by molar-refractivity contribution is 0.271. The summed E-state index contributed by atoms with van der Waals surface area (Å²) in [5.41, 5.74) is 5.91. The molecule has 1 saturated heterocycles. The van der Waals surface area contributed by atoms with Gasteiger partial charge >= 0.3 is 0 Å². The third-order valence-electron chi connectivity index (χ3n) is 3.77. The predicted octanol–water partition coefficient (Wildman–Crippen LogP) is 1.83. The second kappa shape index (κ2) is 6.34. The van der Waals surface area contributed by atoms with Crippen molar-refractivity contribution in [2.24, 2.45) is 11.7 Å². The van der Waals surface area contributed by atoms with Gasteiger partial charge in [-0.1, -0.05) is 13.8 Å². The molecule has 1 fully saturated rings. The van der Waals surface area contributed by atoms with E-state index >= 15 is 0 Å². The lowest BCUT2D eigenvalue weighted by Crippen LogP contribution is -2.40. The number of hydrogen-bond donors (Lipinski definition) is 1. The molecule has 1 aliphatic heterocycles. The van der Waals surface area contributed by atoms with Crippen molar-refractivity contribution in [3.8, 4) is 5.75 Å². The van der Waals surface area contributed by atoms with Crippen molar-refractivity contribution in [1.82, 2.24) is 4.31 Å². The summed E-state index contributed by atoms with van der Waals surface area (Å²) >= 11 is 0. The molecule has 0 radical (unpaired) electrons. The van der Waals surface area contributed by atoms with Crippen LogP contribution in [0.1, 0.15) is 27.2 Å². The van der Waals surface area contributed by atoms with Crippen LogP contribution >= 0.6 is 0 Å². The smallest absolute Gasteiger partial charge is 0.243 e. The molecule has 1 aromatic rings. The van der Waals surface area contributed by atoms with E-state index in [2.05, 4.69) is 13.8 Å². The molecule has 1 heterocycles. The molecule has 2 unspecified atom stereocenters. The van der Waals surface area contributed by atoms with E-state index in [1.54, 1.807) is 24.3 Å². The highest BCUT2D eigenvalue weighted by molar-refractivity contribution is 7.89. The Morgan fingerprint density at radius 3 is 2.43 bits per heavy atom. The maximum absolute atomic E-state index is 12.6. The zero-order valence-corrected chi connectivity index (χ0v) is 13.6. The second-order valence-corrected chi connectivity index (χ2v) is 7.88. The Bertz CT molecular complexity index is 569. The van der Waals surface area contributed by atoms with Gasteiger partial charge in [0.2, 0.25) is 10.0 Å². The van der Waals surface area contributed by atoms with Gasteiger partial charge in [0, 0.05) is 18.6 Å². The van der Waals surface area contributed by atoms with E-state index in [1.807, 2.05) is 6.92 Å². The average molecular weight is 312 g/mol. The number of rotatable bonds is 5. The van der Waals surface area contributed by atoms with E-state index in [4.69, 9.17) is 10.5 Å². The molecule has 2 N–H and O–H groups in total. The Morgan fingerprint density at radius 1 is 1.33 bits per heavy atom. The number of nitrogens with zero attached hydrogens (tertiary/aromatic N) is 1. The van der Waals surface area contributed by atoms with Crippen molar-refractivity contribution in [1.29, 1.82) is 0 Å². The van der Waals surface area contributed by atoms with Crippen molar-refractivity contribution in [2.45, 2.75) is 44.2 Å². The van der Waals surface area contributed by atoms with Crippen LogP contribution in [0.15, 0.2) is 29.2 Å². The first-order valence-electron chi connectivity index (χ1n) is 7.32. The van der Waals surface area contributed by atoms with Gasteiger partial charge in [-0.25, -0.2) is 8.42 Å². The van der Waals surface area contributed by atoms with Gasteiger partial charge in [0.25, 0.3) is 0 Å². The van der Waals surface area contributed by atoms with E-state index in [1.165, 1.54) is 4.31 Å². The topological polar surface area (TPSA) is 72.6 Å². The normalized spacial score (nSPS) is 23.7. The molecule has 0 bridgehead atoms. The molecule has 2 rings (SSSR count). The molecular weight excluding hydrogens is 288 g/mol. The Labute approximate surface area is 127 Å². The summed E-state index contributed by atoms with van der Waals surface area (Å²) in [5.74, 6) is 1.12. The Balaban J connectivity index is 2.14. The largest absolute Gasteiger partial charge is 0.493 e. The highest BCUT2D eigenvalue weighted by Crippen LogP contribution is 2.26. The molecule has 0 spiro atoms. The van der Waals surface area contributed by atoms with Crippen LogP contribution in [0, 0.1) is 5.92 Å². The predicted molar refractivity (Wildman–Crippen MR) is 82.7 cm³/mol. The molecule has 118 valence electrons. The number of sulfonamides is 1. The minimum Gasteiger partial charge on any atom is -0.493 e. The first kappa shape index (κ1) is 16.3. The first-order valence-corrected chi connectivity index (χ1v) is 8.76. The number of benzene rings is 1. The van der Waals surface area contributed by atoms with E-state index in [-0.39, 0.29) is 12.1 Å². The number of nitrogens with two attached hydrogens (primary N) is 1. The SMILES string of the molecule is CC(C)COc1ccc(S(=O)(=O)N2CCC(N)C2C)cc1. The van der Waals surface area contributed by atoms with E-state index < -0.39 is 10.0 Å². The zero-order chi connectivity index (χ0) is 15.6. The fourth-order valence-electron chi connectivity index (χ4n) is 2.38. The molecule has 2 atom stereocenters. The molecule has 5 nitrogen and oxygen atoms in total. The fraction of sp³-hybridized carbons (Fsp3) is 0.600. The molecule has 0 aromatic heterocycles. The van der Waals surface area contributed by atoms with Gasteiger partial charge in [-0.15, -0.1) is 0 Å². The molecule has 1 aromatic carbocycles. The van der Waals surface area contributed by atoms with Crippen molar-refractivity contribution in [2.75, 3.05) is 13.2 Å². The van der Waals surface area contributed by atoms with Gasteiger partial charge in [0.15, 0.2) is 0 Å². The molecule has 0 amide bonds. The van der Waals surface area contributed by atoms with Crippen LogP contribution in [0.3, 0.4) is 0 Å². The Kier molecular flexibility index (Phi) is 4.91. The van der Waals surface area contributed by atoms with Crippen molar-refractivity contribution in [3.63, 3.8) is 0 Å². The maximum Gasteiger partial charge on any atom is 0.243 e. The van der Waals surface area contributed by atoms with E-state index in [0.717, 1.165) is 0 Å². The minimum atomic E-state index is -3.47. The second-order valence-electron chi connectivity index (χ2n) is 5.99. The molecule has 21 heavy (non-hydrogen) atoms. The maximum atomic E-state index is 12.6.